The largest absolute Gasteiger partial charge is 0.497 e. The first kappa shape index (κ1) is 35.5. The Morgan fingerprint density at radius 2 is 1.30 bits per heavy atom. The number of halogens is 3. The normalized spacial score (nSPS) is 10.4. The van der Waals surface area contributed by atoms with Crippen LogP contribution in [0.1, 0.15) is 11.1 Å². The van der Waals surface area contributed by atoms with Crippen molar-refractivity contribution in [2.24, 2.45) is 0 Å². The number of ether oxygens (including phenoxy) is 4. The number of pyridine rings is 4. The summed E-state index contributed by atoms with van der Waals surface area (Å²) in [5, 5.41) is 1.18. The zero-order valence-corrected chi connectivity index (χ0v) is 29.9. The van der Waals surface area contributed by atoms with Gasteiger partial charge in [-0.2, -0.15) is 0 Å². The molecule has 6 rings (SSSR count). The van der Waals surface area contributed by atoms with E-state index in [1.54, 1.807) is 88.1 Å². The van der Waals surface area contributed by atoms with Gasteiger partial charge in [0.2, 0.25) is 0 Å². The number of rotatable bonds is 7. The third-order valence-corrected chi connectivity index (χ3v) is 8.35. The van der Waals surface area contributed by atoms with Gasteiger partial charge in [0.05, 0.1) is 71.6 Å². The van der Waals surface area contributed by atoms with E-state index in [9.17, 15) is 9.59 Å². The number of alkyl halides is 1. The van der Waals surface area contributed by atoms with E-state index < -0.39 is 0 Å². The van der Waals surface area contributed by atoms with Gasteiger partial charge in [0.1, 0.15) is 23.0 Å². The van der Waals surface area contributed by atoms with Crippen molar-refractivity contribution in [1.29, 1.82) is 0 Å². The molecule has 0 aliphatic carbocycles. The lowest BCUT2D eigenvalue weighted by Gasteiger charge is -2.13. The highest BCUT2D eigenvalue weighted by Gasteiger charge is 2.11. The Hall–Kier alpha value is -4.39. The molecule has 0 amide bonds. The van der Waals surface area contributed by atoms with Gasteiger partial charge in [-0.1, -0.05) is 6.07 Å². The molecule has 0 fully saturated rings. The standard InChI is InChI=1S/C17H15BrN2O3.C9H11ClO2.C8H5BrN2O/c1-22-12-6-5-11(15(8-12)23-2)9-20-10-14(18)16-13(17(20)21)4-3-7-19-16;1-11-8-4-3-7(6-10)9(5-8)12-2;9-6-4-11-8(12)5-2-1-3-10-7(5)6/h3-8,10H,9H2,1-2H3;3-5H,6H2,1-2H3;1-4H,(H,11,12). The predicted octanol–water partition coefficient (Wildman–Crippen LogP) is 7.35. The topological polar surface area (TPSA) is 118 Å². The van der Waals surface area contributed by atoms with Crippen LogP contribution in [0.4, 0.5) is 0 Å². The first-order valence-electron chi connectivity index (χ1n) is 14.0. The first-order chi connectivity index (χ1) is 22.7. The molecule has 0 radical (unpaired) electrons. The predicted molar refractivity (Wildman–Crippen MR) is 192 cm³/mol. The number of nitrogens with one attached hydrogen (secondary N) is 1. The smallest absolute Gasteiger partial charge is 0.260 e. The molecule has 244 valence electrons. The van der Waals surface area contributed by atoms with Crippen LogP contribution in [0.3, 0.4) is 0 Å². The van der Waals surface area contributed by atoms with Gasteiger partial charge in [0.25, 0.3) is 11.1 Å². The molecule has 0 saturated heterocycles. The summed E-state index contributed by atoms with van der Waals surface area (Å²) in [6.45, 7) is 0.398. The van der Waals surface area contributed by atoms with Gasteiger partial charge in [-0.05, 0) is 74.3 Å². The molecular formula is C34H31Br2ClN4O6. The maximum Gasteiger partial charge on any atom is 0.260 e. The van der Waals surface area contributed by atoms with Crippen LogP contribution < -0.4 is 30.1 Å². The maximum absolute atomic E-state index is 12.6. The first-order valence-corrected chi connectivity index (χ1v) is 16.1. The summed E-state index contributed by atoms with van der Waals surface area (Å²) < 4.78 is 24.0. The highest BCUT2D eigenvalue weighted by atomic mass is 79.9. The van der Waals surface area contributed by atoms with Crippen molar-refractivity contribution < 1.29 is 18.9 Å². The Morgan fingerprint density at radius 1 is 0.745 bits per heavy atom. The molecule has 4 heterocycles. The number of nitrogens with zero attached hydrogens (tertiary/aromatic N) is 3. The van der Waals surface area contributed by atoms with Crippen molar-refractivity contribution in [3.63, 3.8) is 0 Å². The fourth-order valence-electron chi connectivity index (χ4n) is 4.48. The molecule has 4 aromatic heterocycles. The lowest BCUT2D eigenvalue weighted by Crippen LogP contribution is -2.21. The molecule has 2 aromatic carbocycles. The molecule has 0 aliphatic rings. The minimum absolute atomic E-state index is 0.0887. The minimum Gasteiger partial charge on any atom is -0.497 e. The van der Waals surface area contributed by atoms with E-state index in [2.05, 4.69) is 46.8 Å². The molecule has 6 aromatic rings. The Balaban J connectivity index is 0.000000176. The van der Waals surface area contributed by atoms with Crippen LogP contribution in [0.25, 0.3) is 21.8 Å². The van der Waals surface area contributed by atoms with Crippen molar-refractivity contribution in [3.8, 4) is 23.0 Å². The highest BCUT2D eigenvalue weighted by Crippen LogP contribution is 2.27. The summed E-state index contributed by atoms with van der Waals surface area (Å²) in [7, 11) is 6.44. The van der Waals surface area contributed by atoms with Gasteiger partial charge in [-0.3, -0.25) is 19.6 Å². The lowest BCUT2D eigenvalue weighted by molar-refractivity contribution is 0.390. The zero-order valence-electron chi connectivity index (χ0n) is 25.9. The Morgan fingerprint density at radius 3 is 1.85 bits per heavy atom. The summed E-state index contributed by atoms with van der Waals surface area (Å²) in [5.74, 6) is 3.39. The maximum atomic E-state index is 12.6. The SMILES string of the molecule is COc1ccc(CCl)c(OC)c1.COc1ccc(Cn2cc(Br)c3ncccc3c2=O)c(OC)c1.O=c1[nH]cc(Br)c2ncccc12. The third kappa shape index (κ3) is 8.70. The molecule has 0 aliphatic heterocycles. The van der Waals surface area contributed by atoms with Gasteiger partial charge in [0, 0.05) is 48.0 Å². The van der Waals surface area contributed by atoms with Gasteiger partial charge in [0.15, 0.2) is 0 Å². The van der Waals surface area contributed by atoms with Gasteiger partial charge in [-0.25, -0.2) is 0 Å². The van der Waals surface area contributed by atoms with Gasteiger partial charge < -0.3 is 28.5 Å². The van der Waals surface area contributed by atoms with Crippen LogP contribution in [0.2, 0.25) is 0 Å². The van der Waals surface area contributed by atoms with Crippen LogP contribution in [-0.2, 0) is 12.4 Å². The number of hydrogen-bond acceptors (Lipinski definition) is 8. The van der Waals surface area contributed by atoms with Crippen molar-refractivity contribution in [1.82, 2.24) is 19.5 Å². The number of fused-ring (bicyclic) bond motifs is 2. The summed E-state index contributed by atoms with van der Waals surface area (Å²) in [5.41, 5.74) is 3.03. The van der Waals surface area contributed by atoms with E-state index in [1.165, 1.54) is 0 Å². The second kappa shape index (κ2) is 17.0. The van der Waals surface area contributed by atoms with Crippen LogP contribution in [0.5, 0.6) is 23.0 Å². The van der Waals surface area contributed by atoms with E-state index in [-0.39, 0.29) is 11.1 Å². The number of hydrogen-bond donors (Lipinski definition) is 1. The van der Waals surface area contributed by atoms with Crippen LogP contribution >= 0.6 is 43.5 Å². The van der Waals surface area contributed by atoms with Crippen LogP contribution in [0, 0.1) is 0 Å². The molecule has 1 N–H and O–H groups in total. The molecule has 0 saturated carbocycles. The van der Waals surface area contributed by atoms with E-state index >= 15 is 0 Å². The van der Waals surface area contributed by atoms with Crippen molar-refractivity contribution in [2.75, 3.05) is 28.4 Å². The van der Waals surface area contributed by atoms with E-state index in [0.717, 1.165) is 31.6 Å². The summed E-state index contributed by atoms with van der Waals surface area (Å²) in [4.78, 5) is 34.8. The number of methoxy groups -OCH3 is 4. The number of aromatic amines is 1. The lowest BCUT2D eigenvalue weighted by atomic mass is 10.1. The monoisotopic (exact) mass is 784 g/mol. The fraction of sp³-hybridized carbons (Fsp3) is 0.176. The summed E-state index contributed by atoms with van der Waals surface area (Å²) in [6.07, 6.45) is 6.68. The minimum atomic E-state index is -0.110. The third-order valence-electron chi connectivity index (χ3n) is 6.88. The molecule has 0 bridgehead atoms. The van der Waals surface area contributed by atoms with E-state index in [4.69, 9.17) is 30.5 Å². The van der Waals surface area contributed by atoms with E-state index in [1.807, 2.05) is 30.3 Å². The van der Waals surface area contributed by atoms with E-state index in [0.29, 0.717) is 45.7 Å². The molecule has 10 nitrogen and oxygen atoms in total. The van der Waals surface area contributed by atoms with Crippen molar-refractivity contribution >= 4 is 65.3 Å². The molecule has 13 heteroatoms. The Labute approximate surface area is 292 Å². The second-order valence-electron chi connectivity index (χ2n) is 9.66. The number of H-pyrrole nitrogens is 1. The van der Waals surface area contributed by atoms with Gasteiger partial charge in [-0.15, -0.1) is 11.6 Å². The van der Waals surface area contributed by atoms with Crippen LogP contribution in [0.15, 0.2) is 104 Å². The molecule has 0 spiro atoms. The number of aromatic nitrogens is 4. The highest BCUT2D eigenvalue weighted by molar-refractivity contribution is 9.11. The molecule has 47 heavy (non-hydrogen) atoms. The van der Waals surface area contributed by atoms with Crippen molar-refractivity contribution in [2.45, 2.75) is 12.4 Å². The second-order valence-corrected chi connectivity index (χ2v) is 11.6. The Kier molecular flexibility index (Phi) is 12.8. The summed E-state index contributed by atoms with van der Waals surface area (Å²) >= 11 is 12.5. The average Bonchev–Trinajstić information content (AvgIpc) is 3.12. The zero-order chi connectivity index (χ0) is 33.9. The quantitative estimate of drug-likeness (QED) is 0.167. The average molecular weight is 787 g/mol. The molecule has 0 unspecified atom stereocenters. The molecular weight excluding hydrogens is 756 g/mol. The van der Waals surface area contributed by atoms with Gasteiger partial charge >= 0.3 is 0 Å². The number of benzene rings is 2. The van der Waals surface area contributed by atoms with Crippen molar-refractivity contribution in [3.05, 3.63) is 126 Å². The fourth-order valence-corrected chi connectivity index (χ4v) is 5.69. The summed E-state index contributed by atoms with van der Waals surface area (Å²) in [6, 6.07) is 18.1. The Bertz CT molecular complexity index is 2100. The molecule has 0 atom stereocenters. The van der Waals surface area contributed by atoms with Crippen LogP contribution in [-0.4, -0.2) is 48.0 Å².